The molecular formula is C14H10ClF3IN. The summed E-state index contributed by atoms with van der Waals surface area (Å²) in [6, 6.07) is 9.59. The van der Waals surface area contributed by atoms with E-state index in [4.69, 9.17) is 17.3 Å². The summed E-state index contributed by atoms with van der Waals surface area (Å²) in [7, 11) is 0. The highest BCUT2D eigenvalue weighted by molar-refractivity contribution is 14.1. The number of halogens is 5. The fourth-order valence-corrected chi connectivity index (χ4v) is 2.33. The van der Waals surface area contributed by atoms with Gasteiger partial charge in [-0.15, -0.1) is 0 Å². The minimum Gasteiger partial charge on any atom is -0.320 e. The van der Waals surface area contributed by atoms with Crippen LogP contribution in [0.15, 0.2) is 42.5 Å². The first-order valence-electron chi connectivity index (χ1n) is 5.66. The summed E-state index contributed by atoms with van der Waals surface area (Å²) in [4.78, 5) is 0. The van der Waals surface area contributed by atoms with Gasteiger partial charge < -0.3 is 5.73 Å². The minimum absolute atomic E-state index is 0.400. The Morgan fingerprint density at radius 1 is 1.05 bits per heavy atom. The molecule has 0 aliphatic carbocycles. The quantitative estimate of drug-likeness (QED) is 0.691. The van der Waals surface area contributed by atoms with Crippen LogP contribution in [0.1, 0.15) is 22.7 Å². The van der Waals surface area contributed by atoms with Gasteiger partial charge in [-0.1, -0.05) is 29.8 Å². The summed E-state index contributed by atoms with van der Waals surface area (Å²) < 4.78 is 38.9. The van der Waals surface area contributed by atoms with Crippen molar-refractivity contribution in [2.45, 2.75) is 12.2 Å². The molecule has 2 aromatic carbocycles. The third-order valence-electron chi connectivity index (χ3n) is 2.88. The van der Waals surface area contributed by atoms with Gasteiger partial charge in [0.2, 0.25) is 0 Å². The van der Waals surface area contributed by atoms with E-state index in [0.29, 0.717) is 16.1 Å². The number of nitrogens with two attached hydrogens (primary N) is 1. The molecule has 0 aromatic heterocycles. The first-order chi connectivity index (χ1) is 9.29. The molecule has 1 nitrogen and oxygen atoms in total. The summed E-state index contributed by atoms with van der Waals surface area (Å²) in [5, 5.41) is 0.533. The average Bonchev–Trinajstić information content (AvgIpc) is 2.40. The summed E-state index contributed by atoms with van der Waals surface area (Å²) in [6.45, 7) is 0. The van der Waals surface area contributed by atoms with Crippen LogP contribution in [-0.2, 0) is 6.18 Å². The van der Waals surface area contributed by atoms with E-state index in [9.17, 15) is 13.2 Å². The first kappa shape index (κ1) is 15.6. The Morgan fingerprint density at radius 3 is 2.30 bits per heavy atom. The predicted octanol–water partition coefficient (Wildman–Crippen LogP) is 5.01. The predicted molar refractivity (Wildman–Crippen MR) is 81.6 cm³/mol. The Kier molecular flexibility index (Phi) is 4.61. The van der Waals surface area contributed by atoms with Crippen molar-refractivity contribution in [3.63, 3.8) is 0 Å². The summed E-state index contributed by atoms with van der Waals surface area (Å²) in [5.74, 6) is 0. The van der Waals surface area contributed by atoms with Gasteiger partial charge in [-0.3, -0.25) is 0 Å². The van der Waals surface area contributed by atoms with E-state index in [1.807, 2.05) is 0 Å². The zero-order chi connectivity index (χ0) is 14.9. The molecule has 0 heterocycles. The van der Waals surface area contributed by atoms with Crippen molar-refractivity contribution in [1.29, 1.82) is 0 Å². The number of alkyl halides is 3. The zero-order valence-electron chi connectivity index (χ0n) is 10.1. The maximum Gasteiger partial charge on any atom is 0.416 e. The highest BCUT2D eigenvalue weighted by atomic mass is 127. The van der Waals surface area contributed by atoms with E-state index in [1.165, 1.54) is 6.07 Å². The summed E-state index contributed by atoms with van der Waals surface area (Å²) in [5.41, 5.74) is 6.39. The van der Waals surface area contributed by atoms with Crippen LogP contribution in [0.4, 0.5) is 13.2 Å². The zero-order valence-corrected chi connectivity index (χ0v) is 13.0. The van der Waals surface area contributed by atoms with Crippen molar-refractivity contribution in [2.24, 2.45) is 5.73 Å². The molecule has 20 heavy (non-hydrogen) atoms. The number of benzene rings is 2. The molecule has 0 aliphatic rings. The van der Waals surface area contributed by atoms with Crippen molar-refractivity contribution in [1.82, 2.24) is 0 Å². The molecule has 0 fully saturated rings. The van der Waals surface area contributed by atoms with Gasteiger partial charge in [0, 0.05) is 3.57 Å². The van der Waals surface area contributed by atoms with Gasteiger partial charge in [-0.25, -0.2) is 0 Å². The molecule has 2 N–H and O–H groups in total. The maximum atomic E-state index is 12.7. The number of hydrogen-bond acceptors (Lipinski definition) is 1. The largest absolute Gasteiger partial charge is 0.416 e. The second kappa shape index (κ2) is 5.91. The molecule has 0 aliphatic heterocycles. The van der Waals surface area contributed by atoms with E-state index in [2.05, 4.69) is 22.6 Å². The van der Waals surface area contributed by atoms with Crippen LogP contribution >= 0.6 is 34.2 Å². The van der Waals surface area contributed by atoms with E-state index < -0.39 is 17.8 Å². The number of hydrogen-bond donors (Lipinski definition) is 1. The van der Waals surface area contributed by atoms with Crippen molar-refractivity contribution in [3.05, 3.63) is 67.7 Å². The molecule has 0 saturated carbocycles. The second-order valence-electron chi connectivity index (χ2n) is 4.27. The Labute approximate surface area is 133 Å². The van der Waals surface area contributed by atoms with Crippen molar-refractivity contribution >= 4 is 34.2 Å². The molecule has 106 valence electrons. The molecule has 0 saturated heterocycles. The van der Waals surface area contributed by atoms with E-state index in [0.717, 1.165) is 15.7 Å². The van der Waals surface area contributed by atoms with Crippen molar-refractivity contribution in [2.75, 3.05) is 0 Å². The molecular weight excluding hydrogens is 402 g/mol. The van der Waals surface area contributed by atoms with Gasteiger partial charge in [0.1, 0.15) is 0 Å². The highest BCUT2D eigenvalue weighted by Crippen LogP contribution is 2.32. The molecule has 0 radical (unpaired) electrons. The topological polar surface area (TPSA) is 26.0 Å². The first-order valence-corrected chi connectivity index (χ1v) is 7.12. The average molecular weight is 412 g/mol. The molecule has 2 rings (SSSR count). The smallest absolute Gasteiger partial charge is 0.320 e. The van der Waals surface area contributed by atoms with Gasteiger partial charge in [0.25, 0.3) is 0 Å². The fraction of sp³-hybridized carbons (Fsp3) is 0.143. The van der Waals surface area contributed by atoms with Crippen LogP contribution in [0.2, 0.25) is 5.02 Å². The molecule has 1 atom stereocenters. The lowest BCUT2D eigenvalue weighted by molar-refractivity contribution is -0.137. The lowest BCUT2D eigenvalue weighted by Gasteiger charge is -2.15. The highest BCUT2D eigenvalue weighted by Gasteiger charge is 2.30. The van der Waals surface area contributed by atoms with Gasteiger partial charge in [0.05, 0.1) is 16.6 Å². The van der Waals surface area contributed by atoms with Gasteiger partial charge >= 0.3 is 6.18 Å². The lowest BCUT2D eigenvalue weighted by atomic mass is 9.98. The van der Waals surface area contributed by atoms with Crippen LogP contribution in [0, 0.1) is 3.57 Å². The third-order valence-corrected chi connectivity index (χ3v) is 4.45. The third kappa shape index (κ3) is 3.45. The van der Waals surface area contributed by atoms with Crippen molar-refractivity contribution < 1.29 is 13.2 Å². The Bertz CT molecular complexity index is 628. The van der Waals surface area contributed by atoms with E-state index in [-0.39, 0.29) is 0 Å². The maximum absolute atomic E-state index is 12.7. The van der Waals surface area contributed by atoms with Crippen LogP contribution < -0.4 is 5.73 Å². The van der Waals surface area contributed by atoms with E-state index in [1.54, 1.807) is 24.3 Å². The Balaban J connectivity index is 2.38. The SMILES string of the molecule is NC(c1cccc(C(F)(F)F)c1)c1ccc(I)c(Cl)c1. The van der Waals surface area contributed by atoms with Crippen LogP contribution in [0.3, 0.4) is 0 Å². The second-order valence-corrected chi connectivity index (χ2v) is 5.84. The minimum atomic E-state index is -4.38. The summed E-state index contributed by atoms with van der Waals surface area (Å²) in [6.07, 6.45) is -4.38. The molecule has 0 spiro atoms. The number of rotatable bonds is 2. The van der Waals surface area contributed by atoms with Crippen LogP contribution in [-0.4, -0.2) is 0 Å². The molecule has 0 bridgehead atoms. The fourth-order valence-electron chi connectivity index (χ4n) is 1.81. The van der Waals surface area contributed by atoms with Gasteiger partial charge in [0.15, 0.2) is 0 Å². The Morgan fingerprint density at radius 2 is 1.70 bits per heavy atom. The molecule has 0 amide bonds. The standard InChI is InChI=1S/C14H10ClF3IN/c15-11-7-9(4-5-12(11)19)13(20)8-2-1-3-10(6-8)14(16,17)18/h1-7,13H,20H2. The van der Waals surface area contributed by atoms with Crippen LogP contribution in [0.5, 0.6) is 0 Å². The molecule has 6 heteroatoms. The normalized spacial score (nSPS) is 13.3. The molecule has 1 unspecified atom stereocenters. The van der Waals surface area contributed by atoms with Gasteiger partial charge in [-0.2, -0.15) is 13.2 Å². The summed E-state index contributed by atoms with van der Waals surface area (Å²) >= 11 is 8.08. The molecule has 2 aromatic rings. The van der Waals surface area contributed by atoms with Crippen LogP contribution in [0.25, 0.3) is 0 Å². The Hall–Kier alpha value is -0.790. The monoisotopic (exact) mass is 411 g/mol. The van der Waals surface area contributed by atoms with E-state index >= 15 is 0 Å². The lowest BCUT2D eigenvalue weighted by Crippen LogP contribution is -2.14. The van der Waals surface area contributed by atoms with Gasteiger partial charge in [-0.05, 0) is 58.0 Å². The van der Waals surface area contributed by atoms with Crippen molar-refractivity contribution in [3.8, 4) is 0 Å².